The van der Waals surface area contributed by atoms with Crippen molar-refractivity contribution in [3.8, 4) is 0 Å². The fraction of sp³-hybridized carbons (Fsp3) is 0.111. The van der Waals surface area contributed by atoms with E-state index in [4.69, 9.17) is 0 Å². The van der Waals surface area contributed by atoms with E-state index in [0.717, 1.165) is 6.08 Å². The number of amides is 2. The van der Waals surface area contributed by atoms with Crippen LogP contribution in [0.3, 0.4) is 0 Å². The summed E-state index contributed by atoms with van der Waals surface area (Å²) in [4.78, 5) is 43.6. The number of hydrogen-bond donors (Lipinski definition) is 2. The van der Waals surface area contributed by atoms with Crippen LogP contribution < -0.4 is 10.5 Å². The first-order valence-corrected chi connectivity index (χ1v) is 4.82. The third kappa shape index (κ3) is 7.42. The molecule has 0 aromatic heterocycles. The smallest absolute Gasteiger partial charge is 0.513 e. The molecule has 0 heterocycles. The monoisotopic (exact) mass is 264 g/mol. The van der Waals surface area contributed by atoms with Crippen molar-refractivity contribution in [2.75, 3.05) is 0 Å². The molecule has 2 N–H and O–H groups in total. The van der Waals surface area contributed by atoms with Crippen LogP contribution in [0.5, 0.6) is 0 Å². The maximum Gasteiger partial charge on any atom is 0.523 e. The van der Waals surface area contributed by atoms with Crippen LogP contribution in [0.2, 0.25) is 0 Å². The maximum atomic E-state index is 11.1. The molecule has 2 amide bonds. The molecule has 10 heteroatoms. The van der Waals surface area contributed by atoms with E-state index in [9.17, 15) is 19.2 Å². The van der Waals surface area contributed by atoms with Crippen molar-refractivity contribution in [3.05, 3.63) is 24.8 Å². The molecule has 0 saturated carbocycles. The zero-order chi connectivity index (χ0) is 14.8. The van der Waals surface area contributed by atoms with Gasteiger partial charge in [0.25, 0.3) is 11.8 Å². The highest BCUT2D eigenvalue weighted by atomic mass is 16.5. The molecule has 98 valence electrons. The SMILES string of the molecule is C=CC(=O)O[B]NC(=O)C(=O)N[B]OC(=O)C(=C)C. The molecule has 0 bridgehead atoms. The molecule has 0 aliphatic heterocycles. The Hall–Kier alpha value is -2.51. The molecule has 2 radical (unpaired) electrons. The molecular weight excluding hydrogens is 254 g/mol. The Bertz CT molecular complexity index is 423. The molecule has 0 aliphatic rings. The topological polar surface area (TPSA) is 111 Å². The van der Waals surface area contributed by atoms with Gasteiger partial charge in [-0.2, -0.15) is 0 Å². The highest BCUT2D eigenvalue weighted by Gasteiger charge is 2.16. The van der Waals surface area contributed by atoms with Gasteiger partial charge >= 0.3 is 27.2 Å². The predicted octanol–water partition coefficient (Wildman–Crippen LogP) is -1.86. The Labute approximate surface area is 110 Å². The van der Waals surface area contributed by atoms with Crippen LogP contribution in [-0.4, -0.2) is 39.0 Å². The molecule has 0 saturated heterocycles. The Morgan fingerprint density at radius 3 is 1.95 bits per heavy atom. The average Bonchev–Trinajstić information content (AvgIpc) is 2.37. The van der Waals surface area contributed by atoms with E-state index >= 15 is 0 Å². The van der Waals surface area contributed by atoms with Gasteiger partial charge in [-0.3, -0.25) is 9.59 Å². The van der Waals surface area contributed by atoms with Gasteiger partial charge in [-0.15, -0.1) is 0 Å². The van der Waals surface area contributed by atoms with Crippen LogP contribution in [0.4, 0.5) is 0 Å². The molecule has 0 atom stereocenters. The molecule has 0 aromatic rings. The molecule has 8 nitrogen and oxygen atoms in total. The molecule has 0 aliphatic carbocycles. The van der Waals surface area contributed by atoms with E-state index in [2.05, 4.69) is 22.5 Å². The minimum absolute atomic E-state index is 0.125. The van der Waals surface area contributed by atoms with Crippen molar-refractivity contribution < 1.29 is 28.5 Å². The van der Waals surface area contributed by atoms with Crippen molar-refractivity contribution >= 4 is 39.0 Å². The van der Waals surface area contributed by atoms with Gasteiger partial charge < -0.3 is 19.8 Å². The van der Waals surface area contributed by atoms with Gasteiger partial charge in [0.05, 0.1) is 0 Å². The summed E-state index contributed by atoms with van der Waals surface area (Å²) in [5, 5.41) is 3.74. The summed E-state index contributed by atoms with van der Waals surface area (Å²) in [7, 11) is 1.25. The van der Waals surface area contributed by atoms with Gasteiger partial charge in [0.15, 0.2) is 0 Å². The largest absolute Gasteiger partial charge is 0.523 e. The van der Waals surface area contributed by atoms with Gasteiger partial charge in [0, 0.05) is 11.6 Å². The summed E-state index contributed by atoms with van der Waals surface area (Å²) in [6, 6.07) is 0. The fourth-order valence-electron chi connectivity index (χ4n) is 0.557. The van der Waals surface area contributed by atoms with Gasteiger partial charge in [0.2, 0.25) is 0 Å². The van der Waals surface area contributed by atoms with Crippen molar-refractivity contribution in [2.24, 2.45) is 0 Å². The summed E-state index contributed by atoms with van der Waals surface area (Å²) in [5.41, 5.74) is 0.125. The number of carbonyl (C=O) groups excluding carboxylic acids is 4. The Morgan fingerprint density at radius 1 is 1.05 bits per heavy atom. The lowest BCUT2D eigenvalue weighted by molar-refractivity contribution is -0.138. The van der Waals surface area contributed by atoms with E-state index in [0.29, 0.717) is 15.2 Å². The van der Waals surface area contributed by atoms with Gasteiger partial charge in [-0.05, 0) is 6.92 Å². The van der Waals surface area contributed by atoms with Gasteiger partial charge in [-0.1, -0.05) is 13.2 Å². The number of nitrogens with one attached hydrogen (secondary N) is 2. The van der Waals surface area contributed by atoms with Crippen molar-refractivity contribution in [3.63, 3.8) is 0 Å². The lowest BCUT2D eigenvalue weighted by atomic mass is 10.2. The minimum Gasteiger partial charge on any atom is -0.513 e. The van der Waals surface area contributed by atoms with Crippen molar-refractivity contribution in [1.29, 1.82) is 0 Å². The quantitative estimate of drug-likeness (QED) is 0.330. The van der Waals surface area contributed by atoms with E-state index in [1.807, 2.05) is 10.5 Å². The number of carbonyl (C=O) groups is 4. The van der Waals surface area contributed by atoms with Gasteiger partial charge in [0.1, 0.15) is 0 Å². The first-order chi connectivity index (χ1) is 8.88. The van der Waals surface area contributed by atoms with Crippen molar-refractivity contribution in [2.45, 2.75) is 6.92 Å². The third-order valence-corrected chi connectivity index (χ3v) is 1.44. The zero-order valence-corrected chi connectivity index (χ0v) is 10.1. The second-order valence-corrected chi connectivity index (χ2v) is 3.01. The first-order valence-electron chi connectivity index (χ1n) is 4.82. The van der Waals surface area contributed by atoms with E-state index in [-0.39, 0.29) is 5.57 Å². The summed E-state index contributed by atoms with van der Waals surface area (Å²) in [6.07, 6.45) is 0.869. The second-order valence-electron chi connectivity index (χ2n) is 3.01. The molecule has 0 rings (SSSR count). The average molecular weight is 264 g/mol. The predicted molar refractivity (Wildman–Crippen MR) is 65.0 cm³/mol. The Morgan fingerprint density at radius 2 is 1.53 bits per heavy atom. The summed E-state index contributed by atoms with van der Waals surface area (Å²) in [6.45, 7) is 7.83. The minimum atomic E-state index is -1.13. The van der Waals surface area contributed by atoms with Crippen LogP contribution in [0.1, 0.15) is 6.92 Å². The maximum absolute atomic E-state index is 11.1. The summed E-state index contributed by atoms with van der Waals surface area (Å²) < 4.78 is 8.69. The molecule has 0 spiro atoms. The fourth-order valence-corrected chi connectivity index (χ4v) is 0.557. The standard InChI is InChI=1S/C9H10B2N2O6/c1-4-6(14)18-10-12-7(15)8(16)13-11-19-9(17)5(2)3/h4H,1-2H2,3H3,(H,12,15)(H,13,16). The van der Waals surface area contributed by atoms with E-state index in [1.165, 1.54) is 6.92 Å². The lowest BCUT2D eigenvalue weighted by Crippen LogP contribution is -2.44. The van der Waals surface area contributed by atoms with Gasteiger partial charge in [-0.25, -0.2) is 9.59 Å². The molecule has 19 heavy (non-hydrogen) atoms. The highest BCUT2D eigenvalue weighted by Crippen LogP contribution is 1.88. The number of rotatable bonds is 6. The summed E-state index contributed by atoms with van der Waals surface area (Å²) in [5.74, 6) is -3.81. The van der Waals surface area contributed by atoms with Crippen LogP contribution in [0.25, 0.3) is 0 Å². The third-order valence-electron chi connectivity index (χ3n) is 1.44. The van der Waals surface area contributed by atoms with Crippen LogP contribution in [-0.2, 0) is 28.5 Å². The molecule has 0 fully saturated rings. The first kappa shape index (κ1) is 16.5. The summed E-state index contributed by atoms with van der Waals surface area (Å²) >= 11 is 0. The van der Waals surface area contributed by atoms with Crippen LogP contribution >= 0.6 is 0 Å². The normalized spacial score (nSPS) is 8.47. The Kier molecular flexibility index (Phi) is 7.43. The molecule has 0 aromatic carbocycles. The molecule has 0 unspecified atom stereocenters. The lowest BCUT2D eigenvalue weighted by Gasteiger charge is -2.04. The van der Waals surface area contributed by atoms with Crippen LogP contribution in [0.15, 0.2) is 24.8 Å². The Balaban J connectivity index is 3.85. The zero-order valence-electron chi connectivity index (χ0n) is 10.1. The second kappa shape index (κ2) is 8.56. The highest BCUT2D eigenvalue weighted by molar-refractivity contribution is 6.51. The number of hydrogen-bond acceptors (Lipinski definition) is 6. The van der Waals surface area contributed by atoms with Crippen LogP contribution in [0, 0.1) is 0 Å². The van der Waals surface area contributed by atoms with E-state index < -0.39 is 23.8 Å². The van der Waals surface area contributed by atoms with E-state index in [1.54, 1.807) is 0 Å². The molecular formula is C9H10B2N2O6. The van der Waals surface area contributed by atoms with Crippen molar-refractivity contribution in [1.82, 2.24) is 10.5 Å².